The van der Waals surface area contributed by atoms with E-state index in [9.17, 15) is 19.2 Å². The van der Waals surface area contributed by atoms with E-state index in [2.05, 4.69) is 37.5 Å². The van der Waals surface area contributed by atoms with Gasteiger partial charge in [-0.1, -0.05) is 35.5 Å². The Morgan fingerprint density at radius 1 is 0.765 bits per heavy atom. The second-order valence-corrected chi connectivity index (χ2v) is 11.9. The first-order chi connectivity index (χ1) is 16.1. The van der Waals surface area contributed by atoms with Crippen molar-refractivity contribution in [2.75, 3.05) is 13.1 Å². The summed E-state index contributed by atoms with van der Waals surface area (Å²) < 4.78 is 0. The number of fused-ring (bicyclic) bond motifs is 10. The van der Waals surface area contributed by atoms with Crippen molar-refractivity contribution in [2.45, 2.75) is 39.5 Å². The Morgan fingerprint density at radius 3 is 1.50 bits per heavy atom. The number of hydrogen-bond acceptors (Lipinski definition) is 4. The smallest absolute Gasteiger partial charge is 0.234 e. The number of allylic oxidation sites excluding steroid dienone is 6. The van der Waals surface area contributed by atoms with Crippen molar-refractivity contribution in [1.29, 1.82) is 0 Å². The van der Waals surface area contributed by atoms with Crippen molar-refractivity contribution in [3.05, 3.63) is 48.6 Å². The third-order valence-electron chi connectivity index (χ3n) is 9.44. The van der Waals surface area contributed by atoms with Crippen LogP contribution in [0.15, 0.2) is 48.6 Å². The monoisotopic (exact) mass is 460 g/mol. The van der Waals surface area contributed by atoms with E-state index in [0.29, 0.717) is 12.8 Å². The molecule has 178 valence electrons. The molecule has 0 N–H and O–H groups in total. The summed E-state index contributed by atoms with van der Waals surface area (Å²) in [6, 6.07) is 0. The maximum absolute atomic E-state index is 13.5. The quantitative estimate of drug-likeness (QED) is 0.432. The summed E-state index contributed by atoms with van der Waals surface area (Å²) in [6.07, 6.45) is 11.5. The summed E-state index contributed by atoms with van der Waals surface area (Å²) in [5.41, 5.74) is 1.38. The predicted octanol–water partition coefficient (Wildman–Crippen LogP) is 3.27. The zero-order valence-corrected chi connectivity index (χ0v) is 20.0. The molecule has 2 heterocycles. The molecule has 4 fully saturated rings. The molecule has 4 aliphatic carbocycles. The molecule has 0 aromatic rings. The van der Waals surface area contributed by atoms with E-state index >= 15 is 0 Å². The Morgan fingerprint density at radius 2 is 1.15 bits per heavy atom. The Kier molecular flexibility index (Phi) is 4.41. The van der Waals surface area contributed by atoms with Crippen molar-refractivity contribution in [3.63, 3.8) is 0 Å². The molecule has 0 radical (unpaired) electrons. The van der Waals surface area contributed by atoms with Crippen molar-refractivity contribution in [3.8, 4) is 0 Å². The molecule has 0 spiro atoms. The van der Waals surface area contributed by atoms with Crippen LogP contribution in [-0.2, 0) is 19.2 Å². The van der Waals surface area contributed by atoms with Gasteiger partial charge in [0, 0.05) is 23.9 Å². The van der Waals surface area contributed by atoms with Gasteiger partial charge in [0.1, 0.15) is 0 Å². The summed E-state index contributed by atoms with van der Waals surface area (Å²) in [5.74, 6) is -1.76. The van der Waals surface area contributed by atoms with Gasteiger partial charge < -0.3 is 0 Å². The van der Waals surface area contributed by atoms with E-state index < -0.39 is 0 Å². The highest BCUT2D eigenvalue weighted by atomic mass is 16.2. The fourth-order valence-corrected chi connectivity index (χ4v) is 8.55. The molecule has 4 amide bonds. The Bertz CT molecular complexity index is 1050. The largest absolute Gasteiger partial charge is 0.280 e. The molecule has 6 rings (SSSR count). The SMILES string of the molecule is C=C(C)CC12C=CC(C1)C1C(=O)N(CCN3C(=O)C4C5C=CC(CC(=C)C)(C5)C4C3=O)C(=O)C12. The minimum Gasteiger partial charge on any atom is -0.280 e. The summed E-state index contributed by atoms with van der Waals surface area (Å²) in [6.45, 7) is 12.2. The first-order valence-corrected chi connectivity index (χ1v) is 12.5. The zero-order valence-electron chi connectivity index (χ0n) is 20.0. The molecule has 2 aliphatic heterocycles. The third-order valence-corrected chi connectivity index (χ3v) is 9.44. The van der Waals surface area contributed by atoms with Gasteiger partial charge in [-0.05, 0) is 51.4 Å². The van der Waals surface area contributed by atoms with Gasteiger partial charge in [0.2, 0.25) is 23.6 Å². The summed E-state index contributed by atoms with van der Waals surface area (Å²) in [4.78, 5) is 56.2. The van der Waals surface area contributed by atoms with Gasteiger partial charge in [-0.2, -0.15) is 0 Å². The Labute approximate surface area is 200 Å². The van der Waals surface area contributed by atoms with Gasteiger partial charge in [-0.3, -0.25) is 29.0 Å². The van der Waals surface area contributed by atoms with Crippen molar-refractivity contribution < 1.29 is 19.2 Å². The number of amides is 4. The Balaban J connectivity index is 1.20. The fraction of sp³-hybridized carbons (Fsp3) is 0.571. The molecule has 6 aliphatic rings. The van der Waals surface area contributed by atoms with E-state index in [-0.39, 0.29) is 83.1 Å². The van der Waals surface area contributed by atoms with E-state index in [1.165, 1.54) is 9.80 Å². The number of hydrogen-bond donors (Lipinski definition) is 0. The topological polar surface area (TPSA) is 74.8 Å². The molecule has 6 heteroatoms. The van der Waals surface area contributed by atoms with Crippen LogP contribution in [-0.4, -0.2) is 46.5 Å². The first kappa shape index (κ1) is 21.8. The number of carbonyl (C=O) groups excluding carboxylic acids is 4. The molecule has 8 unspecified atom stereocenters. The maximum atomic E-state index is 13.5. The standard InChI is InChI=1S/C28H32N2O4/c1-15(2)11-27-7-5-17(13-27)19-21(27)25(33)29(23(19)31)9-10-30-24(32)20-18-6-8-28(14-18,12-16(3)4)22(20)26(30)34/h5-8,17-22H,1,3,9-14H2,2,4H3. The summed E-state index contributed by atoms with van der Waals surface area (Å²) in [7, 11) is 0. The van der Waals surface area contributed by atoms with Crippen LogP contribution in [0.25, 0.3) is 0 Å². The number of imide groups is 2. The number of carbonyl (C=O) groups is 4. The minimum atomic E-state index is -0.352. The van der Waals surface area contributed by atoms with Gasteiger partial charge in [-0.25, -0.2) is 0 Å². The van der Waals surface area contributed by atoms with Crippen LogP contribution in [0.1, 0.15) is 39.5 Å². The average molecular weight is 461 g/mol. The van der Waals surface area contributed by atoms with Crippen LogP contribution in [0.2, 0.25) is 0 Å². The van der Waals surface area contributed by atoms with Crippen LogP contribution in [0, 0.1) is 46.3 Å². The third kappa shape index (κ3) is 2.63. The van der Waals surface area contributed by atoms with Gasteiger partial charge >= 0.3 is 0 Å². The summed E-state index contributed by atoms with van der Waals surface area (Å²) in [5, 5.41) is 0. The highest BCUT2D eigenvalue weighted by Crippen LogP contribution is 2.63. The van der Waals surface area contributed by atoms with Crippen LogP contribution in [0.4, 0.5) is 0 Å². The highest BCUT2D eigenvalue weighted by molar-refractivity contribution is 6.08. The average Bonchev–Trinajstić information content (AvgIpc) is 3.55. The second kappa shape index (κ2) is 6.89. The highest BCUT2D eigenvalue weighted by Gasteiger charge is 2.67. The molecule has 2 saturated carbocycles. The lowest BCUT2D eigenvalue weighted by Gasteiger charge is -2.31. The number of rotatable bonds is 7. The molecular weight excluding hydrogens is 428 g/mol. The van der Waals surface area contributed by atoms with Crippen molar-refractivity contribution >= 4 is 23.6 Å². The summed E-state index contributed by atoms with van der Waals surface area (Å²) >= 11 is 0. The lowest BCUT2D eigenvalue weighted by Crippen LogP contribution is -2.43. The van der Waals surface area contributed by atoms with Gasteiger partial charge in [0.05, 0.1) is 23.7 Å². The van der Waals surface area contributed by atoms with Crippen LogP contribution in [0.3, 0.4) is 0 Å². The van der Waals surface area contributed by atoms with E-state index in [0.717, 1.165) is 24.0 Å². The second-order valence-electron chi connectivity index (χ2n) is 11.9. The van der Waals surface area contributed by atoms with Gasteiger partial charge in [0.25, 0.3) is 0 Å². The molecule has 4 bridgehead atoms. The van der Waals surface area contributed by atoms with Gasteiger partial charge in [-0.15, -0.1) is 13.2 Å². The number of nitrogens with zero attached hydrogens (tertiary/aromatic N) is 2. The first-order valence-electron chi connectivity index (χ1n) is 12.5. The molecule has 6 nitrogen and oxygen atoms in total. The predicted molar refractivity (Wildman–Crippen MR) is 126 cm³/mol. The number of likely N-dealkylation sites (tertiary alicyclic amines) is 2. The van der Waals surface area contributed by atoms with E-state index in [4.69, 9.17) is 0 Å². The van der Waals surface area contributed by atoms with Crippen molar-refractivity contribution in [1.82, 2.24) is 9.80 Å². The lowest BCUT2D eigenvalue weighted by atomic mass is 9.71. The molecule has 0 aromatic heterocycles. The Hall–Kier alpha value is -2.76. The van der Waals surface area contributed by atoms with Crippen molar-refractivity contribution in [2.24, 2.45) is 46.3 Å². The normalized spacial score (nSPS) is 43.0. The minimum absolute atomic E-state index is 0.0863. The lowest BCUT2D eigenvalue weighted by molar-refractivity contribution is -0.146. The van der Waals surface area contributed by atoms with E-state index in [1.807, 2.05) is 13.8 Å². The molecule has 2 saturated heterocycles. The molecule has 34 heavy (non-hydrogen) atoms. The van der Waals surface area contributed by atoms with E-state index in [1.54, 1.807) is 0 Å². The molecular formula is C28H32N2O4. The molecule has 0 aromatic carbocycles. The van der Waals surface area contributed by atoms with Gasteiger partial charge in [0.15, 0.2) is 0 Å². The van der Waals surface area contributed by atoms with Crippen LogP contribution in [0.5, 0.6) is 0 Å². The zero-order chi connectivity index (χ0) is 24.2. The molecule has 8 atom stereocenters. The maximum Gasteiger partial charge on any atom is 0.234 e. The fourth-order valence-electron chi connectivity index (χ4n) is 8.55. The van der Waals surface area contributed by atoms with Crippen LogP contribution >= 0.6 is 0 Å². The van der Waals surface area contributed by atoms with Crippen LogP contribution < -0.4 is 0 Å².